The number of rotatable bonds is 4. The first-order valence-corrected chi connectivity index (χ1v) is 9.52. The molecule has 0 unspecified atom stereocenters. The standard InChI is InChI=1S/C20H24ClN3OS/c1-15-18(21)4-3-5-19(15)22-20(26)23(2)14-16-6-8-17(9-7-16)24-10-12-25-13-11-24/h3-9H,10-14H2,1-2H3,(H,22,26). The zero-order valence-corrected chi connectivity index (χ0v) is 16.7. The lowest BCUT2D eigenvalue weighted by atomic mass is 10.2. The van der Waals surface area contributed by atoms with Crippen LogP contribution in [0.15, 0.2) is 42.5 Å². The second kappa shape index (κ2) is 8.71. The molecule has 1 saturated heterocycles. The molecule has 0 bridgehead atoms. The number of anilines is 2. The molecule has 3 rings (SSSR count). The summed E-state index contributed by atoms with van der Waals surface area (Å²) in [7, 11) is 1.99. The summed E-state index contributed by atoms with van der Waals surface area (Å²) < 4.78 is 5.41. The van der Waals surface area contributed by atoms with Gasteiger partial charge >= 0.3 is 0 Å². The first-order valence-electron chi connectivity index (χ1n) is 8.73. The summed E-state index contributed by atoms with van der Waals surface area (Å²) in [6, 6.07) is 14.5. The summed E-state index contributed by atoms with van der Waals surface area (Å²) in [5.74, 6) is 0. The Morgan fingerprint density at radius 3 is 2.58 bits per heavy atom. The predicted octanol–water partition coefficient (Wildman–Crippen LogP) is 4.31. The van der Waals surface area contributed by atoms with E-state index in [1.54, 1.807) is 0 Å². The van der Waals surface area contributed by atoms with Gasteiger partial charge in [0, 0.05) is 43.1 Å². The Morgan fingerprint density at radius 1 is 1.19 bits per heavy atom. The molecule has 1 fully saturated rings. The van der Waals surface area contributed by atoms with Gasteiger partial charge in [-0.1, -0.05) is 29.8 Å². The van der Waals surface area contributed by atoms with Crippen LogP contribution in [0.2, 0.25) is 5.02 Å². The van der Waals surface area contributed by atoms with Crippen molar-refractivity contribution in [1.82, 2.24) is 4.90 Å². The number of ether oxygens (including phenoxy) is 1. The van der Waals surface area contributed by atoms with Crippen LogP contribution in [0, 0.1) is 6.92 Å². The van der Waals surface area contributed by atoms with Gasteiger partial charge in [-0.3, -0.25) is 0 Å². The van der Waals surface area contributed by atoms with Crippen molar-refractivity contribution in [3.63, 3.8) is 0 Å². The van der Waals surface area contributed by atoms with E-state index in [4.69, 9.17) is 28.6 Å². The number of hydrogen-bond donors (Lipinski definition) is 1. The number of halogens is 1. The lowest BCUT2D eigenvalue weighted by Gasteiger charge is -2.29. The third-order valence-electron chi connectivity index (χ3n) is 4.59. The first-order chi connectivity index (χ1) is 12.5. The molecule has 1 aliphatic rings. The molecule has 0 aliphatic carbocycles. The zero-order chi connectivity index (χ0) is 18.5. The largest absolute Gasteiger partial charge is 0.378 e. The van der Waals surface area contributed by atoms with Gasteiger partial charge in [-0.05, 0) is 54.5 Å². The molecule has 1 N–H and O–H groups in total. The minimum Gasteiger partial charge on any atom is -0.378 e. The van der Waals surface area contributed by atoms with Crippen LogP contribution in [0.5, 0.6) is 0 Å². The van der Waals surface area contributed by atoms with Crippen LogP contribution >= 0.6 is 23.8 Å². The monoisotopic (exact) mass is 389 g/mol. The van der Waals surface area contributed by atoms with Crippen molar-refractivity contribution >= 4 is 40.3 Å². The highest BCUT2D eigenvalue weighted by Crippen LogP contribution is 2.23. The van der Waals surface area contributed by atoms with Gasteiger partial charge in [-0.15, -0.1) is 0 Å². The number of hydrogen-bond acceptors (Lipinski definition) is 3. The fraction of sp³-hybridized carbons (Fsp3) is 0.350. The number of nitrogens with one attached hydrogen (secondary N) is 1. The second-order valence-electron chi connectivity index (χ2n) is 6.46. The van der Waals surface area contributed by atoms with Gasteiger partial charge in [0.25, 0.3) is 0 Å². The molecule has 0 spiro atoms. The van der Waals surface area contributed by atoms with E-state index in [9.17, 15) is 0 Å². The molecule has 6 heteroatoms. The summed E-state index contributed by atoms with van der Waals surface area (Å²) in [6.45, 7) is 6.23. The molecule has 26 heavy (non-hydrogen) atoms. The molecule has 0 saturated carbocycles. The Balaban J connectivity index is 1.59. The van der Waals surface area contributed by atoms with Gasteiger partial charge in [0.15, 0.2) is 5.11 Å². The minimum absolute atomic E-state index is 0.674. The van der Waals surface area contributed by atoms with Gasteiger partial charge in [-0.25, -0.2) is 0 Å². The van der Waals surface area contributed by atoms with E-state index in [1.807, 2.05) is 37.1 Å². The van der Waals surface area contributed by atoms with Crippen LogP contribution in [-0.2, 0) is 11.3 Å². The van der Waals surface area contributed by atoms with Gasteiger partial charge in [0.05, 0.1) is 13.2 Å². The molecule has 2 aromatic rings. The molecule has 0 radical (unpaired) electrons. The van der Waals surface area contributed by atoms with E-state index in [1.165, 1.54) is 11.3 Å². The lowest BCUT2D eigenvalue weighted by Crippen LogP contribution is -2.36. The normalized spacial score (nSPS) is 14.2. The highest BCUT2D eigenvalue weighted by atomic mass is 35.5. The first kappa shape index (κ1) is 19.0. The van der Waals surface area contributed by atoms with E-state index < -0.39 is 0 Å². The van der Waals surface area contributed by atoms with Crippen molar-refractivity contribution in [2.24, 2.45) is 0 Å². The molecule has 1 aliphatic heterocycles. The van der Waals surface area contributed by atoms with Gasteiger partial charge < -0.3 is 19.9 Å². The summed E-state index contributed by atoms with van der Waals surface area (Å²) in [4.78, 5) is 4.38. The van der Waals surface area contributed by atoms with Crippen molar-refractivity contribution in [2.45, 2.75) is 13.5 Å². The third kappa shape index (κ3) is 4.67. The van der Waals surface area contributed by atoms with Crippen LogP contribution in [0.25, 0.3) is 0 Å². The smallest absolute Gasteiger partial charge is 0.173 e. The van der Waals surface area contributed by atoms with Crippen LogP contribution < -0.4 is 10.2 Å². The number of nitrogens with zero attached hydrogens (tertiary/aromatic N) is 2. The molecule has 0 amide bonds. The van der Waals surface area contributed by atoms with Gasteiger partial charge in [0.2, 0.25) is 0 Å². The summed E-state index contributed by atoms with van der Waals surface area (Å²) in [5, 5.41) is 4.69. The molecule has 2 aromatic carbocycles. The van der Waals surface area contributed by atoms with Crippen molar-refractivity contribution in [2.75, 3.05) is 43.6 Å². The summed E-state index contributed by atoms with van der Waals surface area (Å²) >= 11 is 11.7. The van der Waals surface area contributed by atoms with E-state index in [0.29, 0.717) is 5.11 Å². The number of morpholine rings is 1. The van der Waals surface area contributed by atoms with E-state index in [-0.39, 0.29) is 0 Å². The van der Waals surface area contributed by atoms with Crippen LogP contribution in [0.3, 0.4) is 0 Å². The highest BCUT2D eigenvalue weighted by Gasteiger charge is 2.12. The molecule has 1 heterocycles. The van der Waals surface area contributed by atoms with Gasteiger partial charge in [0.1, 0.15) is 0 Å². The highest BCUT2D eigenvalue weighted by molar-refractivity contribution is 7.80. The Labute approximate surface area is 165 Å². The second-order valence-corrected chi connectivity index (χ2v) is 7.26. The average Bonchev–Trinajstić information content (AvgIpc) is 2.66. The van der Waals surface area contributed by atoms with Crippen molar-refractivity contribution in [1.29, 1.82) is 0 Å². The van der Waals surface area contributed by atoms with E-state index >= 15 is 0 Å². The molecule has 0 aromatic heterocycles. The Morgan fingerprint density at radius 2 is 1.88 bits per heavy atom. The van der Waals surface area contributed by atoms with Crippen LogP contribution in [0.4, 0.5) is 11.4 Å². The molecule has 0 atom stereocenters. The quantitative estimate of drug-likeness (QED) is 0.786. The number of thiocarbonyl (C=S) groups is 1. The minimum atomic E-state index is 0.674. The SMILES string of the molecule is Cc1c(Cl)cccc1NC(=S)N(C)Cc1ccc(N2CCOCC2)cc1. The Kier molecular flexibility index (Phi) is 6.35. The van der Waals surface area contributed by atoms with E-state index in [2.05, 4.69) is 34.5 Å². The predicted molar refractivity (Wildman–Crippen MR) is 113 cm³/mol. The average molecular weight is 390 g/mol. The van der Waals surface area contributed by atoms with E-state index in [0.717, 1.165) is 49.1 Å². The molecule has 138 valence electrons. The zero-order valence-electron chi connectivity index (χ0n) is 15.2. The number of benzene rings is 2. The van der Waals surface area contributed by atoms with Crippen LogP contribution in [-0.4, -0.2) is 43.4 Å². The summed E-state index contributed by atoms with van der Waals surface area (Å²) in [6.07, 6.45) is 0. The van der Waals surface area contributed by atoms with Gasteiger partial charge in [-0.2, -0.15) is 0 Å². The topological polar surface area (TPSA) is 27.7 Å². The maximum atomic E-state index is 6.18. The maximum absolute atomic E-state index is 6.18. The Bertz CT molecular complexity index is 760. The van der Waals surface area contributed by atoms with Crippen molar-refractivity contribution < 1.29 is 4.74 Å². The Hall–Kier alpha value is -1.82. The lowest BCUT2D eigenvalue weighted by molar-refractivity contribution is 0.122. The van der Waals surface area contributed by atoms with Crippen molar-refractivity contribution in [3.05, 3.63) is 58.6 Å². The summed E-state index contributed by atoms with van der Waals surface area (Å²) in [5.41, 5.74) is 4.41. The third-order valence-corrected chi connectivity index (χ3v) is 5.41. The maximum Gasteiger partial charge on any atom is 0.173 e. The fourth-order valence-corrected chi connectivity index (χ4v) is 3.28. The van der Waals surface area contributed by atoms with Crippen molar-refractivity contribution in [3.8, 4) is 0 Å². The van der Waals surface area contributed by atoms with Crippen LogP contribution in [0.1, 0.15) is 11.1 Å². The molecular weight excluding hydrogens is 366 g/mol. The molecular formula is C20H24ClN3OS. The fourth-order valence-electron chi connectivity index (χ4n) is 2.93. The molecule has 4 nitrogen and oxygen atoms in total.